The smallest absolute Gasteiger partial charge is 0.314 e. The summed E-state index contributed by atoms with van der Waals surface area (Å²) in [4.78, 5) is 12.5. The van der Waals surface area contributed by atoms with Gasteiger partial charge in [0.15, 0.2) is 0 Å². The Morgan fingerprint density at radius 3 is 2.64 bits per heavy atom. The lowest BCUT2D eigenvalue weighted by Gasteiger charge is -2.30. The molecule has 1 heterocycles. The summed E-state index contributed by atoms with van der Waals surface area (Å²) < 4.78 is 5.67. The van der Waals surface area contributed by atoms with E-state index in [1.165, 1.54) is 6.42 Å². The van der Waals surface area contributed by atoms with Crippen LogP contribution in [0, 0.1) is 0 Å². The number of likely N-dealkylation sites (tertiary alicyclic amines) is 1. The maximum atomic E-state index is 10.8. The number of carbonyl (C=O) groups excluding carboxylic acids is 1. The summed E-state index contributed by atoms with van der Waals surface area (Å²) in [6, 6.07) is -0.308. The molecule has 1 saturated heterocycles. The summed E-state index contributed by atoms with van der Waals surface area (Å²) in [5.74, 6) is 0. The molecule has 1 aliphatic rings. The number of hydrogen-bond donors (Lipinski definition) is 1. The molecule has 1 aliphatic heterocycles. The Hall–Kier alpha value is -0.770. The van der Waals surface area contributed by atoms with E-state index < -0.39 is 0 Å². The molecule has 0 saturated carbocycles. The van der Waals surface area contributed by atoms with E-state index in [2.05, 4.69) is 6.92 Å². The highest BCUT2D eigenvalue weighted by Gasteiger charge is 2.21. The van der Waals surface area contributed by atoms with Crippen LogP contribution >= 0.6 is 0 Å². The van der Waals surface area contributed by atoms with Crippen LogP contribution in [0.1, 0.15) is 32.6 Å². The van der Waals surface area contributed by atoms with Crippen molar-refractivity contribution in [2.24, 2.45) is 5.73 Å². The topological polar surface area (TPSA) is 55.6 Å². The van der Waals surface area contributed by atoms with Gasteiger partial charge in [0.2, 0.25) is 0 Å². The standard InChI is InChI=1S/C10H20N2O2/c1-2-3-8-14-9-4-6-12(7-5-9)10(11)13/h9H,2-8H2,1H3,(H2,11,13). The largest absolute Gasteiger partial charge is 0.378 e. The summed E-state index contributed by atoms with van der Waals surface area (Å²) in [7, 11) is 0. The maximum Gasteiger partial charge on any atom is 0.314 e. The fourth-order valence-electron chi connectivity index (χ4n) is 1.64. The van der Waals surface area contributed by atoms with Gasteiger partial charge in [0.05, 0.1) is 6.10 Å². The van der Waals surface area contributed by atoms with Gasteiger partial charge in [0.25, 0.3) is 0 Å². The number of nitrogens with two attached hydrogens (primary N) is 1. The first-order valence-corrected chi connectivity index (χ1v) is 5.40. The summed E-state index contributed by atoms with van der Waals surface area (Å²) in [5.41, 5.74) is 5.18. The van der Waals surface area contributed by atoms with Crippen LogP contribution in [0.4, 0.5) is 4.79 Å². The molecule has 0 aromatic heterocycles. The Kier molecular flexibility index (Phi) is 4.73. The predicted molar refractivity (Wildman–Crippen MR) is 55.0 cm³/mol. The Bertz CT molecular complexity index is 177. The highest BCUT2D eigenvalue weighted by molar-refractivity contribution is 5.72. The van der Waals surface area contributed by atoms with Gasteiger partial charge in [0.1, 0.15) is 0 Å². The second kappa shape index (κ2) is 5.86. The number of urea groups is 1. The van der Waals surface area contributed by atoms with Crippen molar-refractivity contribution >= 4 is 6.03 Å². The van der Waals surface area contributed by atoms with Gasteiger partial charge in [-0.15, -0.1) is 0 Å². The molecular weight excluding hydrogens is 180 g/mol. The first kappa shape index (κ1) is 11.3. The second-order valence-corrected chi connectivity index (χ2v) is 3.75. The summed E-state index contributed by atoms with van der Waals surface area (Å²) >= 11 is 0. The van der Waals surface area contributed by atoms with Crippen molar-refractivity contribution < 1.29 is 9.53 Å². The van der Waals surface area contributed by atoms with Gasteiger partial charge in [-0.25, -0.2) is 4.79 Å². The number of nitrogens with zero attached hydrogens (tertiary/aromatic N) is 1. The predicted octanol–water partition coefficient (Wildman–Crippen LogP) is 1.35. The average Bonchev–Trinajstić information content (AvgIpc) is 2.19. The zero-order valence-corrected chi connectivity index (χ0v) is 8.87. The van der Waals surface area contributed by atoms with Crippen molar-refractivity contribution in [3.63, 3.8) is 0 Å². The Morgan fingerprint density at radius 2 is 2.14 bits per heavy atom. The third kappa shape index (κ3) is 3.54. The number of hydrogen-bond acceptors (Lipinski definition) is 2. The van der Waals surface area contributed by atoms with Crippen LogP contribution in [0.15, 0.2) is 0 Å². The molecular formula is C10H20N2O2. The van der Waals surface area contributed by atoms with Gasteiger partial charge in [-0.05, 0) is 19.3 Å². The molecule has 0 aliphatic carbocycles. The van der Waals surface area contributed by atoms with E-state index in [1.807, 2.05) is 0 Å². The minimum absolute atomic E-state index is 0.308. The Labute approximate surface area is 85.4 Å². The first-order valence-electron chi connectivity index (χ1n) is 5.40. The van der Waals surface area contributed by atoms with Crippen LogP contribution in [0.25, 0.3) is 0 Å². The van der Waals surface area contributed by atoms with Crippen molar-refractivity contribution in [2.75, 3.05) is 19.7 Å². The Morgan fingerprint density at radius 1 is 1.50 bits per heavy atom. The number of amides is 2. The van der Waals surface area contributed by atoms with Crippen LogP contribution in [0.5, 0.6) is 0 Å². The van der Waals surface area contributed by atoms with E-state index in [9.17, 15) is 4.79 Å². The van der Waals surface area contributed by atoms with Crippen molar-refractivity contribution in [1.82, 2.24) is 4.90 Å². The van der Waals surface area contributed by atoms with Crippen molar-refractivity contribution in [2.45, 2.75) is 38.7 Å². The number of piperidine rings is 1. The van der Waals surface area contributed by atoms with E-state index >= 15 is 0 Å². The fraction of sp³-hybridized carbons (Fsp3) is 0.900. The number of carbonyl (C=O) groups is 1. The summed E-state index contributed by atoms with van der Waals surface area (Å²) in [5, 5.41) is 0. The number of ether oxygens (including phenoxy) is 1. The molecule has 14 heavy (non-hydrogen) atoms. The van der Waals surface area contributed by atoms with Crippen molar-refractivity contribution in [1.29, 1.82) is 0 Å². The molecule has 1 rings (SSSR count). The monoisotopic (exact) mass is 200 g/mol. The van der Waals surface area contributed by atoms with Gasteiger partial charge in [-0.2, -0.15) is 0 Å². The Balaban J connectivity index is 2.12. The van der Waals surface area contributed by atoms with E-state index in [4.69, 9.17) is 10.5 Å². The quantitative estimate of drug-likeness (QED) is 0.696. The van der Waals surface area contributed by atoms with Gasteiger partial charge in [-0.3, -0.25) is 0 Å². The lowest BCUT2D eigenvalue weighted by Crippen LogP contribution is -2.43. The molecule has 0 radical (unpaired) electrons. The molecule has 2 N–H and O–H groups in total. The van der Waals surface area contributed by atoms with Crippen LogP contribution in [0.3, 0.4) is 0 Å². The average molecular weight is 200 g/mol. The van der Waals surface area contributed by atoms with Crippen molar-refractivity contribution in [3.05, 3.63) is 0 Å². The minimum atomic E-state index is -0.308. The molecule has 4 heteroatoms. The van der Waals surface area contributed by atoms with Crippen LogP contribution in [-0.4, -0.2) is 36.7 Å². The van der Waals surface area contributed by atoms with E-state index in [-0.39, 0.29) is 6.03 Å². The molecule has 0 bridgehead atoms. The summed E-state index contributed by atoms with van der Waals surface area (Å²) in [6.45, 7) is 4.48. The molecule has 82 valence electrons. The molecule has 0 spiro atoms. The molecule has 1 fully saturated rings. The minimum Gasteiger partial charge on any atom is -0.378 e. The maximum absolute atomic E-state index is 10.8. The number of rotatable bonds is 4. The normalized spacial score (nSPS) is 18.5. The van der Waals surface area contributed by atoms with Crippen molar-refractivity contribution in [3.8, 4) is 0 Å². The van der Waals surface area contributed by atoms with Crippen LogP contribution < -0.4 is 5.73 Å². The zero-order valence-electron chi connectivity index (χ0n) is 8.87. The zero-order chi connectivity index (χ0) is 10.4. The number of primary amides is 1. The molecule has 0 atom stereocenters. The summed E-state index contributed by atoms with van der Waals surface area (Å²) in [6.07, 6.45) is 4.47. The third-order valence-electron chi connectivity index (χ3n) is 2.61. The fourth-order valence-corrected chi connectivity index (χ4v) is 1.64. The van der Waals surface area contributed by atoms with E-state index in [1.54, 1.807) is 4.90 Å². The highest BCUT2D eigenvalue weighted by atomic mass is 16.5. The first-order chi connectivity index (χ1) is 6.74. The van der Waals surface area contributed by atoms with Crippen LogP contribution in [-0.2, 0) is 4.74 Å². The SMILES string of the molecule is CCCCOC1CCN(C(N)=O)CC1. The highest BCUT2D eigenvalue weighted by Crippen LogP contribution is 2.13. The van der Waals surface area contributed by atoms with E-state index in [0.29, 0.717) is 6.10 Å². The van der Waals surface area contributed by atoms with Gasteiger partial charge >= 0.3 is 6.03 Å². The van der Waals surface area contributed by atoms with E-state index in [0.717, 1.165) is 39.0 Å². The van der Waals surface area contributed by atoms with Gasteiger partial charge < -0.3 is 15.4 Å². The second-order valence-electron chi connectivity index (χ2n) is 3.75. The van der Waals surface area contributed by atoms with Gasteiger partial charge in [-0.1, -0.05) is 13.3 Å². The van der Waals surface area contributed by atoms with Crippen LogP contribution in [0.2, 0.25) is 0 Å². The molecule has 2 amide bonds. The molecule has 0 aromatic rings. The molecule has 0 aromatic carbocycles. The third-order valence-corrected chi connectivity index (χ3v) is 2.61. The lowest BCUT2D eigenvalue weighted by atomic mass is 10.1. The molecule has 4 nitrogen and oxygen atoms in total. The molecule has 0 unspecified atom stereocenters. The van der Waals surface area contributed by atoms with Gasteiger partial charge in [0, 0.05) is 19.7 Å². The lowest BCUT2D eigenvalue weighted by molar-refractivity contribution is 0.0143. The number of unbranched alkanes of at least 4 members (excludes halogenated alkanes) is 1.